The molecule has 1 radical (unpaired) electrons. The van der Waals surface area contributed by atoms with Crippen LogP contribution in [0.5, 0.6) is 0 Å². The SMILES string of the molecule is CC(C)(C)c1ccc(Nc2cc3oc4cc5c(cc4c3cc2-c2ccc3c4cc6sc7ccccc7c6cc4n4c3c2[B]c2cc3nc(-c6ccccc6)sc3cc2-4)C(C)(C)CCC5(C)C)cc1. The van der Waals surface area contributed by atoms with Crippen molar-refractivity contribution in [2.75, 3.05) is 5.32 Å². The van der Waals surface area contributed by atoms with Crippen molar-refractivity contribution in [3.8, 4) is 27.4 Å². The smallest absolute Gasteiger partial charge is 0.198 e. The monoisotopic (exact) mass is 914 g/mol. The third kappa shape index (κ3) is 5.94. The minimum Gasteiger partial charge on any atom is -0.456 e. The summed E-state index contributed by atoms with van der Waals surface area (Å²) in [7, 11) is 2.44. The van der Waals surface area contributed by atoms with Gasteiger partial charge in [-0.05, 0) is 117 Å². The molecule has 0 atom stereocenters. The highest BCUT2D eigenvalue weighted by atomic mass is 32.1. The van der Waals surface area contributed by atoms with Crippen LogP contribution in [-0.2, 0) is 16.2 Å². The molecule has 7 heteroatoms. The van der Waals surface area contributed by atoms with Crippen molar-refractivity contribution in [3.05, 3.63) is 156 Å². The molecule has 8 aromatic carbocycles. The molecular weight excluding hydrogens is 866 g/mol. The molecule has 0 unspecified atom stereocenters. The lowest BCUT2D eigenvalue weighted by molar-refractivity contribution is 0.332. The largest absolute Gasteiger partial charge is 0.456 e. The molecule has 4 aromatic heterocycles. The molecule has 0 amide bonds. The lowest BCUT2D eigenvalue weighted by Crippen LogP contribution is -2.37. The predicted octanol–water partition coefficient (Wildman–Crippen LogP) is 16.4. The van der Waals surface area contributed by atoms with E-state index in [1.807, 2.05) is 11.3 Å². The first-order valence-corrected chi connectivity index (χ1v) is 25.6. The zero-order valence-electron chi connectivity index (χ0n) is 39.4. The van der Waals surface area contributed by atoms with Gasteiger partial charge in [-0.3, -0.25) is 0 Å². The summed E-state index contributed by atoms with van der Waals surface area (Å²) in [5, 5.41) is 12.4. The van der Waals surface area contributed by atoms with Crippen molar-refractivity contribution < 1.29 is 4.42 Å². The van der Waals surface area contributed by atoms with E-state index in [2.05, 4.69) is 205 Å². The van der Waals surface area contributed by atoms with E-state index in [4.69, 9.17) is 9.40 Å². The topological polar surface area (TPSA) is 43.0 Å². The van der Waals surface area contributed by atoms with Crippen LogP contribution in [-0.4, -0.2) is 16.8 Å². The molecule has 1 N–H and O–H groups in total. The lowest BCUT2D eigenvalue weighted by atomic mass is 9.59. The Balaban J connectivity index is 1.05. The second kappa shape index (κ2) is 14.0. The van der Waals surface area contributed by atoms with E-state index in [9.17, 15) is 0 Å². The number of thiazole rings is 1. The van der Waals surface area contributed by atoms with E-state index >= 15 is 0 Å². The molecule has 329 valence electrons. The summed E-state index contributed by atoms with van der Waals surface area (Å²) in [6.45, 7) is 16.4. The van der Waals surface area contributed by atoms with Gasteiger partial charge < -0.3 is 14.3 Å². The Morgan fingerprint density at radius 2 is 1.35 bits per heavy atom. The number of benzene rings is 8. The fourth-order valence-corrected chi connectivity index (χ4v) is 13.7. The standard InChI is InChI=1S/C61H49BN3OS2/c1-59(2,3)34-17-19-35(20-18-34)63-47-31-52-41(42-26-44-45(29-51(42)66-52)61(6,7)24-23-60(44,4)5)25-39(47)37-21-22-38-40-28-54-43(36-15-11-12-16-53(36)67-54)27-49(40)65-50-32-55-48(30-46(50)62-56(37)57(38)65)64-58(68-55)33-13-9-8-10-14-33/h8-22,25-32,63H,23-24H2,1-7H3. The number of furan rings is 1. The Morgan fingerprint density at radius 1 is 0.618 bits per heavy atom. The predicted molar refractivity (Wildman–Crippen MR) is 294 cm³/mol. The Labute approximate surface area is 404 Å². The second-order valence-corrected chi connectivity index (χ2v) is 23.9. The van der Waals surface area contributed by atoms with Gasteiger partial charge in [0, 0.05) is 75.8 Å². The van der Waals surface area contributed by atoms with Crippen molar-refractivity contribution in [3.63, 3.8) is 0 Å². The van der Waals surface area contributed by atoms with Crippen LogP contribution in [0.25, 0.3) is 102 Å². The third-order valence-corrected chi connectivity index (χ3v) is 17.7. The van der Waals surface area contributed by atoms with Crippen LogP contribution in [0.3, 0.4) is 0 Å². The quantitative estimate of drug-likeness (QED) is 0.179. The molecule has 0 saturated carbocycles. The van der Waals surface area contributed by atoms with Crippen LogP contribution in [0.4, 0.5) is 11.4 Å². The summed E-state index contributed by atoms with van der Waals surface area (Å²) in [5.74, 6) is 0. The van der Waals surface area contributed by atoms with Gasteiger partial charge in [0.15, 0.2) is 7.28 Å². The minimum absolute atomic E-state index is 0.0529. The van der Waals surface area contributed by atoms with Gasteiger partial charge in [0.2, 0.25) is 0 Å². The number of nitrogens with one attached hydrogen (secondary N) is 1. The van der Waals surface area contributed by atoms with Crippen LogP contribution in [0.2, 0.25) is 0 Å². The molecule has 2 aliphatic rings. The number of hydrogen-bond donors (Lipinski definition) is 1. The number of thiophene rings is 1. The molecule has 12 aromatic rings. The first kappa shape index (κ1) is 40.4. The van der Waals surface area contributed by atoms with Crippen molar-refractivity contribution in [2.24, 2.45) is 0 Å². The molecular formula is C61H49BN3OS2. The molecule has 0 spiro atoms. The van der Waals surface area contributed by atoms with Gasteiger partial charge in [-0.25, -0.2) is 4.98 Å². The summed E-state index contributed by atoms with van der Waals surface area (Å²) in [4.78, 5) is 5.25. The fraction of sp³-hybridized carbons (Fsp3) is 0.197. The summed E-state index contributed by atoms with van der Waals surface area (Å²) in [6, 6.07) is 52.2. The maximum absolute atomic E-state index is 6.94. The van der Waals surface area contributed by atoms with Crippen molar-refractivity contribution in [1.29, 1.82) is 0 Å². The van der Waals surface area contributed by atoms with E-state index in [1.54, 1.807) is 11.3 Å². The van der Waals surface area contributed by atoms with E-state index in [0.29, 0.717) is 0 Å². The van der Waals surface area contributed by atoms with E-state index in [-0.39, 0.29) is 16.2 Å². The highest BCUT2D eigenvalue weighted by molar-refractivity contribution is 7.26. The zero-order chi connectivity index (χ0) is 46.0. The Bertz CT molecular complexity index is 4120. The number of nitrogens with zero attached hydrogens (tertiary/aromatic N) is 2. The highest BCUT2D eigenvalue weighted by Crippen LogP contribution is 2.50. The van der Waals surface area contributed by atoms with Crippen LogP contribution in [0.15, 0.2) is 144 Å². The molecule has 5 heterocycles. The lowest BCUT2D eigenvalue weighted by Gasteiger charge is -2.41. The number of rotatable bonds is 4. The summed E-state index contributed by atoms with van der Waals surface area (Å²) >= 11 is 3.65. The van der Waals surface area contributed by atoms with E-state index < -0.39 is 0 Å². The molecule has 0 fully saturated rings. The summed E-state index contributed by atoms with van der Waals surface area (Å²) in [5.41, 5.74) is 18.7. The Hall–Kier alpha value is -6.67. The normalized spacial score (nSPS) is 15.2. The van der Waals surface area contributed by atoms with Gasteiger partial charge in [0.05, 0.1) is 21.4 Å². The maximum atomic E-state index is 6.94. The van der Waals surface area contributed by atoms with E-state index in [1.165, 1.54) is 85.5 Å². The van der Waals surface area contributed by atoms with Gasteiger partial charge in [-0.2, -0.15) is 0 Å². The second-order valence-electron chi connectivity index (χ2n) is 21.7. The third-order valence-electron chi connectivity index (χ3n) is 15.5. The van der Waals surface area contributed by atoms with Gasteiger partial charge in [-0.15, -0.1) is 22.7 Å². The molecule has 1 aliphatic carbocycles. The number of aromatic nitrogens is 2. The average Bonchev–Trinajstić information content (AvgIpc) is 4.09. The van der Waals surface area contributed by atoms with Gasteiger partial charge in [0.1, 0.15) is 16.2 Å². The number of hydrogen-bond acceptors (Lipinski definition) is 5. The maximum Gasteiger partial charge on any atom is 0.198 e. The highest BCUT2D eigenvalue weighted by Gasteiger charge is 2.38. The Kier molecular flexibility index (Phi) is 8.30. The Morgan fingerprint density at radius 3 is 2.15 bits per heavy atom. The van der Waals surface area contributed by atoms with Crippen molar-refractivity contribution in [1.82, 2.24) is 9.55 Å². The first-order chi connectivity index (χ1) is 32.8. The van der Waals surface area contributed by atoms with Gasteiger partial charge in [0.25, 0.3) is 0 Å². The zero-order valence-corrected chi connectivity index (χ0v) is 41.0. The minimum atomic E-state index is 0.0529. The van der Waals surface area contributed by atoms with Crippen LogP contribution in [0.1, 0.15) is 78.0 Å². The molecule has 1 aliphatic heterocycles. The average molecular weight is 915 g/mol. The van der Waals surface area contributed by atoms with Crippen LogP contribution >= 0.6 is 22.7 Å². The summed E-state index contributed by atoms with van der Waals surface area (Å²) in [6.07, 6.45) is 2.31. The molecule has 14 rings (SSSR count). The molecule has 0 bridgehead atoms. The first-order valence-electron chi connectivity index (χ1n) is 24.0. The van der Waals surface area contributed by atoms with Crippen LogP contribution < -0.4 is 16.2 Å². The molecule has 0 saturated heterocycles. The van der Waals surface area contributed by atoms with E-state index in [0.717, 1.165) is 67.9 Å². The van der Waals surface area contributed by atoms with Crippen LogP contribution in [0, 0.1) is 0 Å². The molecule has 68 heavy (non-hydrogen) atoms. The van der Waals surface area contributed by atoms with Crippen molar-refractivity contribution >= 4 is 126 Å². The van der Waals surface area contributed by atoms with Gasteiger partial charge >= 0.3 is 0 Å². The fourth-order valence-electron chi connectivity index (χ4n) is 11.5. The number of fused-ring (bicyclic) bond motifs is 13. The molecule has 4 nitrogen and oxygen atoms in total. The van der Waals surface area contributed by atoms with Gasteiger partial charge in [-0.1, -0.05) is 127 Å². The number of anilines is 2. The van der Waals surface area contributed by atoms with Crippen molar-refractivity contribution in [2.45, 2.75) is 77.6 Å². The summed E-state index contributed by atoms with van der Waals surface area (Å²) < 4.78 is 13.3.